The molecule has 1 saturated heterocycles. The number of benzene rings is 1. The molecule has 0 radical (unpaired) electrons. The fourth-order valence-corrected chi connectivity index (χ4v) is 3.19. The summed E-state index contributed by atoms with van der Waals surface area (Å²) < 4.78 is 0. The van der Waals surface area contributed by atoms with Gasteiger partial charge in [0, 0.05) is 29.8 Å². The Labute approximate surface area is 106 Å². The van der Waals surface area contributed by atoms with Crippen LogP contribution in [0.15, 0.2) is 24.3 Å². The number of anilines is 1. The monoisotopic (exact) mass is 250 g/mol. The molecule has 1 aromatic carbocycles. The molecule has 2 N–H and O–H groups in total. The molecule has 3 nitrogen and oxygen atoms in total. The van der Waals surface area contributed by atoms with Gasteiger partial charge in [-0.25, -0.2) is 0 Å². The van der Waals surface area contributed by atoms with Crippen LogP contribution in [0.5, 0.6) is 0 Å². The van der Waals surface area contributed by atoms with E-state index in [2.05, 4.69) is 6.92 Å². The number of rotatable bonds is 2. The van der Waals surface area contributed by atoms with Gasteiger partial charge in [0.2, 0.25) is 0 Å². The first-order valence-corrected chi connectivity index (χ1v) is 7.02. The van der Waals surface area contributed by atoms with Crippen molar-refractivity contribution in [2.45, 2.75) is 18.6 Å². The van der Waals surface area contributed by atoms with Crippen LogP contribution in [0, 0.1) is 0 Å². The molecular weight excluding hydrogens is 232 g/mol. The van der Waals surface area contributed by atoms with E-state index in [9.17, 15) is 4.79 Å². The lowest BCUT2D eigenvalue weighted by atomic mass is 10.1. The molecule has 17 heavy (non-hydrogen) atoms. The highest BCUT2D eigenvalue weighted by Crippen LogP contribution is 2.23. The van der Waals surface area contributed by atoms with Crippen LogP contribution in [0.1, 0.15) is 23.7 Å². The largest absolute Gasteiger partial charge is 0.398 e. The molecule has 2 rings (SSSR count). The molecule has 1 amide bonds. The van der Waals surface area contributed by atoms with Crippen molar-refractivity contribution in [2.24, 2.45) is 0 Å². The summed E-state index contributed by atoms with van der Waals surface area (Å²) in [6.45, 7) is 3.84. The Morgan fingerprint density at radius 1 is 1.53 bits per heavy atom. The lowest BCUT2D eigenvalue weighted by molar-refractivity contribution is 0.0762. The number of carbonyl (C=O) groups excluding carboxylic acids is 1. The highest BCUT2D eigenvalue weighted by molar-refractivity contribution is 8.00. The maximum absolute atomic E-state index is 12.3. The molecule has 92 valence electrons. The number of hydrogen-bond donors (Lipinski definition) is 1. The molecule has 0 aliphatic carbocycles. The summed E-state index contributed by atoms with van der Waals surface area (Å²) in [6, 6.07) is 7.30. The quantitative estimate of drug-likeness (QED) is 0.819. The minimum atomic E-state index is 0.0712. The van der Waals surface area contributed by atoms with Crippen molar-refractivity contribution < 1.29 is 4.79 Å². The highest BCUT2D eigenvalue weighted by Gasteiger charge is 2.24. The van der Waals surface area contributed by atoms with E-state index in [1.54, 1.807) is 12.1 Å². The third kappa shape index (κ3) is 2.75. The zero-order valence-corrected chi connectivity index (χ0v) is 10.9. The maximum atomic E-state index is 12.3. The van der Waals surface area contributed by atoms with Gasteiger partial charge >= 0.3 is 0 Å². The van der Waals surface area contributed by atoms with E-state index in [0.29, 0.717) is 16.5 Å². The Kier molecular flexibility index (Phi) is 3.94. The number of nitrogen functional groups attached to an aromatic ring is 1. The second kappa shape index (κ2) is 5.45. The SMILES string of the molecule is CCC1CN(C(=O)c2ccccc2N)CCS1. The Bertz CT molecular complexity index is 408. The predicted molar refractivity (Wildman–Crippen MR) is 73.3 cm³/mol. The fraction of sp³-hybridized carbons (Fsp3) is 0.462. The van der Waals surface area contributed by atoms with Crippen molar-refractivity contribution in [3.05, 3.63) is 29.8 Å². The standard InChI is InChI=1S/C13H18N2OS/c1-2-10-9-15(7-8-17-10)13(16)11-5-3-4-6-12(11)14/h3-6,10H,2,7-9,14H2,1H3. The molecule has 0 aromatic heterocycles. The molecule has 1 aliphatic rings. The number of para-hydroxylation sites is 1. The van der Waals surface area contributed by atoms with Crippen molar-refractivity contribution in [1.82, 2.24) is 4.90 Å². The molecule has 1 aromatic rings. The van der Waals surface area contributed by atoms with Crippen molar-refractivity contribution in [2.75, 3.05) is 24.6 Å². The summed E-state index contributed by atoms with van der Waals surface area (Å²) in [7, 11) is 0. The molecule has 1 heterocycles. The van der Waals surface area contributed by atoms with E-state index in [1.807, 2.05) is 28.8 Å². The second-order valence-corrected chi connectivity index (χ2v) is 5.65. The van der Waals surface area contributed by atoms with Gasteiger partial charge < -0.3 is 10.6 Å². The van der Waals surface area contributed by atoms with Crippen LogP contribution >= 0.6 is 11.8 Å². The summed E-state index contributed by atoms with van der Waals surface area (Å²) in [5.41, 5.74) is 7.05. The number of hydrogen-bond acceptors (Lipinski definition) is 3. The van der Waals surface area contributed by atoms with E-state index in [4.69, 9.17) is 5.73 Å². The normalized spacial score (nSPS) is 20.3. The van der Waals surface area contributed by atoms with Crippen molar-refractivity contribution in [1.29, 1.82) is 0 Å². The van der Waals surface area contributed by atoms with Gasteiger partial charge in [-0.2, -0.15) is 11.8 Å². The summed E-state index contributed by atoms with van der Waals surface area (Å²) in [6.07, 6.45) is 1.11. The van der Waals surface area contributed by atoms with E-state index >= 15 is 0 Å². The van der Waals surface area contributed by atoms with Crippen LogP contribution in [-0.2, 0) is 0 Å². The highest BCUT2D eigenvalue weighted by atomic mass is 32.2. The Morgan fingerprint density at radius 2 is 2.29 bits per heavy atom. The third-order valence-corrected chi connectivity index (χ3v) is 4.44. The first-order chi connectivity index (χ1) is 8.22. The zero-order chi connectivity index (χ0) is 12.3. The lowest BCUT2D eigenvalue weighted by Crippen LogP contribution is -2.41. The molecular formula is C13H18N2OS. The molecule has 1 fully saturated rings. The molecule has 1 atom stereocenters. The molecule has 0 bridgehead atoms. The molecule has 1 unspecified atom stereocenters. The average Bonchev–Trinajstić information content (AvgIpc) is 2.38. The van der Waals surface area contributed by atoms with Crippen molar-refractivity contribution in [3.8, 4) is 0 Å². The average molecular weight is 250 g/mol. The van der Waals surface area contributed by atoms with Crippen LogP contribution in [0.25, 0.3) is 0 Å². The summed E-state index contributed by atoms with van der Waals surface area (Å²) >= 11 is 1.96. The second-order valence-electron chi connectivity index (χ2n) is 4.24. The van der Waals surface area contributed by atoms with Crippen molar-refractivity contribution in [3.63, 3.8) is 0 Å². The zero-order valence-electron chi connectivity index (χ0n) is 10.1. The Balaban J connectivity index is 2.12. The molecule has 0 spiro atoms. The smallest absolute Gasteiger partial charge is 0.256 e. The minimum absolute atomic E-state index is 0.0712. The van der Waals surface area contributed by atoms with Gasteiger partial charge in [0.15, 0.2) is 0 Å². The van der Waals surface area contributed by atoms with Crippen molar-refractivity contribution >= 4 is 23.4 Å². The van der Waals surface area contributed by atoms with Crippen LogP contribution in [0.4, 0.5) is 5.69 Å². The number of nitrogens with two attached hydrogens (primary N) is 1. The topological polar surface area (TPSA) is 46.3 Å². The number of thioether (sulfide) groups is 1. The summed E-state index contributed by atoms with van der Waals surface area (Å²) in [5.74, 6) is 1.10. The molecule has 1 aliphatic heterocycles. The Morgan fingerprint density at radius 3 is 3.00 bits per heavy atom. The fourth-order valence-electron chi connectivity index (χ4n) is 2.01. The van der Waals surface area contributed by atoms with Gasteiger partial charge in [-0.05, 0) is 18.6 Å². The number of nitrogens with zero attached hydrogens (tertiary/aromatic N) is 1. The first-order valence-electron chi connectivity index (χ1n) is 5.97. The van der Waals surface area contributed by atoms with Gasteiger partial charge in [-0.3, -0.25) is 4.79 Å². The van der Waals surface area contributed by atoms with Gasteiger partial charge in [-0.1, -0.05) is 19.1 Å². The van der Waals surface area contributed by atoms with E-state index < -0.39 is 0 Å². The minimum Gasteiger partial charge on any atom is -0.398 e. The first kappa shape index (κ1) is 12.3. The Hall–Kier alpha value is -1.16. The van der Waals surface area contributed by atoms with Gasteiger partial charge in [0.25, 0.3) is 5.91 Å². The molecule has 4 heteroatoms. The lowest BCUT2D eigenvalue weighted by Gasteiger charge is -2.32. The maximum Gasteiger partial charge on any atom is 0.256 e. The predicted octanol–water partition coefficient (Wildman–Crippen LogP) is 2.24. The number of amides is 1. The molecule has 0 saturated carbocycles. The summed E-state index contributed by atoms with van der Waals surface area (Å²) in [5, 5.41) is 0.567. The van der Waals surface area contributed by atoms with Crippen LogP contribution in [0.3, 0.4) is 0 Å². The van der Waals surface area contributed by atoms with Crippen LogP contribution in [-0.4, -0.2) is 34.9 Å². The van der Waals surface area contributed by atoms with E-state index in [0.717, 1.165) is 25.3 Å². The summed E-state index contributed by atoms with van der Waals surface area (Å²) in [4.78, 5) is 14.2. The number of carbonyl (C=O) groups is 1. The van der Waals surface area contributed by atoms with E-state index in [1.165, 1.54) is 0 Å². The van der Waals surface area contributed by atoms with Gasteiger partial charge in [0.1, 0.15) is 0 Å². The van der Waals surface area contributed by atoms with Gasteiger partial charge in [-0.15, -0.1) is 0 Å². The third-order valence-electron chi connectivity index (χ3n) is 3.07. The van der Waals surface area contributed by atoms with E-state index in [-0.39, 0.29) is 5.91 Å². The van der Waals surface area contributed by atoms with Crippen LogP contribution in [0.2, 0.25) is 0 Å². The van der Waals surface area contributed by atoms with Crippen LogP contribution < -0.4 is 5.73 Å². The van der Waals surface area contributed by atoms with Gasteiger partial charge in [0.05, 0.1) is 5.56 Å².